The molecule has 1 fully saturated rings. The molecular weight excluding hydrogens is 411 g/mol. The van der Waals surface area contributed by atoms with E-state index >= 15 is 0 Å². The highest BCUT2D eigenvalue weighted by atomic mass is 19.1. The molecule has 3 heterocycles. The third kappa shape index (κ3) is 3.49. The van der Waals surface area contributed by atoms with Crippen molar-refractivity contribution in [2.24, 2.45) is 0 Å². The van der Waals surface area contributed by atoms with Crippen LogP contribution >= 0.6 is 0 Å². The zero-order valence-electron chi connectivity index (χ0n) is 16.9. The van der Waals surface area contributed by atoms with Crippen molar-refractivity contribution in [3.63, 3.8) is 0 Å². The lowest BCUT2D eigenvalue weighted by Gasteiger charge is -2.20. The first-order valence-corrected chi connectivity index (χ1v) is 10.2. The van der Waals surface area contributed by atoms with E-state index in [1.54, 1.807) is 54.7 Å². The van der Waals surface area contributed by atoms with E-state index in [1.165, 1.54) is 17.2 Å². The number of nitrogens with zero attached hydrogens (tertiary/aromatic N) is 2. The Morgan fingerprint density at radius 1 is 1.09 bits per heavy atom. The van der Waals surface area contributed by atoms with Gasteiger partial charge in [0, 0.05) is 30.5 Å². The van der Waals surface area contributed by atoms with Crippen LogP contribution in [0.5, 0.6) is 0 Å². The first kappa shape index (κ1) is 19.9. The van der Waals surface area contributed by atoms with Gasteiger partial charge in [0.15, 0.2) is 0 Å². The number of hydrogen-bond donors (Lipinski definition) is 2. The molecule has 2 aliphatic rings. The fourth-order valence-electron chi connectivity index (χ4n) is 4.24. The van der Waals surface area contributed by atoms with E-state index in [0.29, 0.717) is 34.4 Å². The zero-order chi connectivity index (χ0) is 22.2. The number of benzene rings is 2. The summed E-state index contributed by atoms with van der Waals surface area (Å²) in [5.41, 5.74) is 2.01. The summed E-state index contributed by atoms with van der Waals surface area (Å²) in [5.74, 6) is -1.35. The van der Waals surface area contributed by atoms with E-state index in [0.717, 1.165) is 0 Å². The van der Waals surface area contributed by atoms with E-state index in [9.17, 15) is 18.8 Å². The molecule has 3 aromatic rings. The number of halogens is 1. The quantitative estimate of drug-likeness (QED) is 0.669. The van der Waals surface area contributed by atoms with Gasteiger partial charge in [-0.05, 0) is 42.3 Å². The van der Waals surface area contributed by atoms with Crippen molar-refractivity contribution in [3.8, 4) is 11.1 Å². The third-order valence-electron chi connectivity index (χ3n) is 5.82. The number of fused-ring (bicyclic) bond motifs is 2. The van der Waals surface area contributed by atoms with Crippen molar-refractivity contribution in [2.75, 3.05) is 11.9 Å². The summed E-state index contributed by atoms with van der Waals surface area (Å²) in [6.45, 7) is 0.201. The minimum atomic E-state index is -0.703. The van der Waals surface area contributed by atoms with Gasteiger partial charge in [0.2, 0.25) is 5.91 Å². The predicted molar refractivity (Wildman–Crippen MR) is 115 cm³/mol. The summed E-state index contributed by atoms with van der Waals surface area (Å²) in [6.07, 6.45) is 3.34. The molecule has 7 nitrogen and oxygen atoms in total. The second-order valence-electron chi connectivity index (χ2n) is 7.85. The maximum Gasteiger partial charge on any atom is 0.256 e. The number of aromatic nitrogens is 1. The minimum absolute atomic E-state index is 0.201. The summed E-state index contributed by atoms with van der Waals surface area (Å²) < 4.78 is 14.3. The maximum absolute atomic E-state index is 14.3. The van der Waals surface area contributed by atoms with Gasteiger partial charge in [-0.2, -0.15) is 0 Å². The van der Waals surface area contributed by atoms with Crippen LogP contribution in [0, 0.1) is 5.82 Å². The minimum Gasteiger partial charge on any atom is -0.347 e. The highest BCUT2D eigenvalue weighted by Crippen LogP contribution is 2.33. The van der Waals surface area contributed by atoms with Gasteiger partial charge in [0.25, 0.3) is 11.8 Å². The smallest absolute Gasteiger partial charge is 0.256 e. The van der Waals surface area contributed by atoms with Gasteiger partial charge < -0.3 is 15.5 Å². The molecule has 32 heavy (non-hydrogen) atoms. The van der Waals surface area contributed by atoms with Crippen LogP contribution < -0.4 is 10.6 Å². The van der Waals surface area contributed by atoms with Gasteiger partial charge >= 0.3 is 0 Å². The largest absolute Gasteiger partial charge is 0.347 e. The average molecular weight is 430 g/mol. The van der Waals surface area contributed by atoms with Crippen molar-refractivity contribution in [1.82, 2.24) is 15.2 Å². The second-order valence-corrected chi connectivity index (χ2v) is 7.85. The first-order valence-electron chi connectivity index (χ1n) is 10.2. The van der Waals surface area contributed by atoms with Gasteiger partial charge in [0.05, 0.1) is 16.8 Å². The number of hydrogen-bond acceptors (Lipinski definition) is 4. The molecule has 3 amide bonds. The molecule has 2 aromatic carbocycles. The molecule has 160 valence electrons. The summed E-state index contributed by atoms with van der Waals surface area (Å²) in [4.78, 5) is 44.1. The molecule has 1 saturated heterocycles. The molecule has 0 spiro atoms. The van der Waals surface area contributed by atoms with E-state index in [1.807, 2.05) is 0 Å². The number of pyridine rings is 1. The molecule has 0 unspecified atom stereocenters. The molecule has 5 rings (SSSR count). The molecule has 8 heteroatoms. The van der Waals surface area contributed by atoms with Crippen LogP contribution in [0.25, 0.3) is 11.1 Å². The van der Waals surface area contributed by atoms with Crippen LogP contribution in [-0.2, 0) is 4.79 Å². The second kappa shape index (κ2) is 7.88. The Morgan fingerprint density at radius 3 is 2.72 bits per heavy atom. The van der Waals surface area contributed by atoms with Crippen LogP contribution in [0.2, 0.25) is 0 Å². The Hall–Kier alpha value is -4.07. The fourth-order valence-corrected chi connectivity index (χ4v) is 4.24. The summed E-state index contributed by atoms with van der Waals surface area (Å²) >= 11 is 0. The molecule has 2 atom stereocenters. The van der Waals surface area contributed by atoms with Crippen LogP contribution in [0.3, 0.4) is 0 Å². The number of carbonyl (C=O) groups is 3. The molecule has 1 aromatic heterocycles. The lowest BCUT2D eigenvalue weighted by molar-refractivity contribution is -0.119. The van der Waals surface area contributed by atoms with Crippen LogP contribution in [0.1, 0.15) is 27.1 Å². The standard InChI is InChI=1S/C24H19FN4O3/c25-19-6-2-1-5-17(19)14-7-8-20-18(10-14)24(32)29-13-16(11-21(29)23(31)28-20)27-22(30)15-4-3-9-26-12-15/h1-10,12,16,21H,11,13H2,(H,27,30)(H,28,31)/t16-,21-/m0/s1. The lowest BCUT2D eigenvalue weighted by Crippen LogP contribution is -2.41. The number of carbonyl (C=O) groups excluding carboxylic acids is 3. The molecule has 0 aliphatic carbocycles. The molecule has 0 radical (unpaired) electrons. The summed E-state index contributed by atoms with van der Waals surface area (Å²) in [5, 5.41) is 5.68. The van der Waals surface area contributed by atoms with Crippen LogP contribution in [-0.4, -0.2) is 46.2 Å². The Bertz CT molecular complexity index is 1230. The maximum atomic E-state index is 14.3. The topological polar surface area (TPSA) is 91.4 Å². The lowest BCUT2D eigenvalue weighted by atomic mass is 10.0. The number of amides is 3. The van der Waals surface area contributed by atoms with Crippen molar-refractivity contribution >= 4 is 23.4 Å². The average Bonchev–Trinajstić information content (AvgIpc) is 3.20. The SMILES string of the molecule is O=C(N[C@H]1C[C@H]2C(=O)Nc3ccc(-c4ccccc4F)cc3C(=O)N2C1)c1cccnc1. The molecule has 0 bridgehead atoms. The normalized spacial score (nSPS) is 19.6. The monoisotopic (exact) mass is 430 g/mol. The Labute approximate surface area is 183 Å². The Morgan fingerprint density at radius 2 is 1.94 bits per heavy atom. The van der Waals surface area contributed by atoms with E-state index in [4.69, 9.17) is 0 Å². The summed E-state index contributed by atoms with van der Waals surface area (Å²) in [6, 6.07) is 13.4. The van der Waals surface area contributed by atoms with Crippen molar-refractivity contribution in [1.29, 1.82) is 0 Å². The van der Waals surface area contributed by atoms with Crippen LogP contribution in [0.15, 0.2) is 67.0 Å². The Balaban J connectivity index is 1.42. The zero-order valence-corrected chi connectivity index (χ0v) is 16.9. The predicted octanol–water partition coefficient (Wildman–Crippen LogP) is 2.85. The number of rotatable bonds is 3. The fraction of sp³-hybridized carbons (Fsp3) is 0.167. The van der Waals surface area contributed by atoms with Gasteiger partial charge in [-0.25, -0.2) is 4.39 Å². The number of anilines is 1. The summed E-state index contributed by atoms with van der Waals surface area (Å²) in [7, 11) is 0. The van der Waals surface area contributed by atoms with E-state index in [2.05, 4.69) is 15.6 Å². The molecular formula is C24H19FN4O3. The molecule has 2 N–H and O–H groups in total. The highest BCUT2D eigenvalue weighted by Gasteiger charge is 2.43. The number of nitrogens with one attached hydrogen (secondary N) is 2. The van der Waals surface area contributed by atoms with Gasteiger partial charge in [0.1, 0.15) is 11.9 Å². The molecule has 2 aliphatic heterocycles. The first-order chi connectivity index (χ1) is 15.5. The van der Waals surface area contributed by atoms with Crippen molar-refractivity contribution < 1.29 is 18.8 Å². The Kier molecular flexibility index (Phi) is 4.89. The van der Waals surface area contributed by atoms with Gasteiger partial charge in [-0.3, -0.25) is 19.4 Å². The van der Waals surface area contributed by atoms with Crippen molar-refractivity contribution in [3.05, 3.63) is 83.9 Å². The highest BCUT2D eigenvalue weighted by molar-refractivity contribution is 6.11. The van der Waals surface area contributed by atoms with E-state index < -0.39 is 11.9 Å². The van der Waals surface area contributed by atoms with Gasteiger partial charge in [-0.1, -0.05) is 24.3 Å². The third-order valence-corrected chi connectivity index (χ3v) is 5.82. The van der Waals surface area contributed by atoms with Gasteiger partial charge in [-0.15, -0.1) is 0 Å². The van der Waals surface area contributed by atoms with Crippen LogP contribution in [0.4, 0.5) is 10.1 Å². The van der Waals surface area contributed by atoms with E-state index in [-0.39, 0.29) is 30.3 Å². The molecule has 0 saturated carbocycles. The van der Waals surface area contributed by atoms with Crippen molar-refractivity contribution in [2.45, 2.75) is 18.5 Å².